The van der Waals surface area contributed by atoms with Crippen LogP contribution in [0.1, 0.15) is 16.9 Å². The number of carbonyl (C=O) groups is 1. The fourth-order valence-corrected chi connectivity index (χ4v) is 2.30. The van der Waals surface area contributed by atoms with E-state index in [0.717, 1.165) is 11.1 Å². The van der Waals surface area contributed by atoms with Crippen LogP contribution in [0.25, 0.3) is 0 Å². The number of methoxy groups -OCH3 is 1. The molecule has 106 valence electrons. The first kappa shape index (κ1) is 14.4. The Morgan fingerprint density at radius 3 is 2.75 bits per heavy atom. The molecule has 5 nitrogen and oxygen atoms in total. The number of anilines is 1. The normalized spacial score (nSPS) is 10.4. The number of halogens is 1. The topological polar surface area (TPSA) is 64.4 Å². The van der Waals surface area contributed by atoms with Gasteiger partial charge in [0, 0.05) is 16.7 Å². The molecule has 0 radical (unpaired) electrons. The molecular formula is C14H15ClN2O3. The molecule has 20 heavy (non-hydrogen) atoms. The zero-order chi connectivity index (χ0) is 14.7. The maximum Gasteiger partial charge on any atom is 0.230 e. The molecule has 1 aromatic heterocycles. The number of amides is 1. The Balaban J connectivity index is 2.15. The highest BCUT2D eigenvalue weighted by molar-refractivity contribution is 6.30. The van der Waals surface area contributed by atoms with Gasteiger partial charge in [0.2, 0.25) is 5.91 Å². The average molecular weight is 295 g/mol. The van der Waals surface area contributed by atoms with Gasteiger partial charge in [0.25, 0.3) is 0 Å². The summed E-state index contributed by atoms with van der Waals surface area (Å²) in [7, 11) is 1.57. The average Bonchev–Trinajstić information content (AvgIpc) is 2.74. The fourth-order valence-electron chi connectivity index (χ4n) is 2.01. The number of rotatable bonds is 4. The number of carbonyl (C=O) groups excluding carboxylic acids is 1. The van der Waals surface area contributed by atoms with Crippen LogP contribution in [0.5, 0.6) is 5.75 Å². The van der Waals surface area contributed by atoms with Crippen LogP contribution in [0.15, 0.2) is 22.7 Å². The monoisotopic (exact) mass is 294 g/mol. The minimum absolute atomic E-state index is 0.149. The van der Waals surface area contributed by atoms with Crippen molar-refractivity contribution < 1.29 is 14.1 Å². The lowest BCUT2D eigenvalue weighted by atomic mass is 10.1. The van der Waals surface area contributed by atoms with Crippen LogP contribution in [-0.4, -0.2) is 18.2 Å². The summed E-state index contributed by atoms with van der Waals surface area (Å²) in [4.78, 5) is 12.0. The predicted octanol–water partition coefficient (Wildman–Crippen LogP) is 3.13. The Bertz CT molecular complexity index is 637. The minimum atomic E-state index is -0.210. The van der Waals surface area contributed by atoms with Crippen molar-refractivity contribution in [3.05, 3.63) is 40.1 Å². The first-order valence-electron chi connectivity index (χ1n) is 6.05. The highest BCUT2D eigenvalue weighted by atomic mass is 35.5. The van der Waals surface area contributed by atoms with Gasteiger partial charge in [-0.15, -0.1) is 0 Å². The Morgan fingerprint density at radius 1 is 1.40 bits per heavy atom. The first-order chi connectivity index (χ1) is 9.49. The van der Waals surface area contributed by atoms with E-state index in [1.54, 1.807) is 32.2 Å². The highest BCUT2D eigenvalue weighted by Gasteiger charge is 2.13. The molecule has 2 aromatic rings. The van der Waals surface area contributed by atoms with Gasteiger partial charge in [-0.3, -0.25) is 4.79 Å². The molecule has 0 unspecified atom stereocenters. The van der Waals surface area contributed by atoms with Crippen LogP contribution in [0.4, 0.5) is 5.82 Å². The van der Waals surface area contributed by atoms with Crippen LogP contribution in [0.2, 0.25) is 5.02 Å². The molecule has 1 aromatic carbocycles. The molecule has 0 saturated carbocycles. The van der Waals surface area contributed by atoms with Gasteiger partial charge >= 0.3 is 0 Å². The van der Waals surface area contributed by atoms with Gasteiger partial charge in [-0.25, -0.2) is 0 Å². The van der Waals surface area contributed by atoms with Crippen molar-refractivity contribution in [3.63, 3.8) is 0 Å². The van der Waals surface area contributed by atoms with Crippen LogP contribution in [0.3, 0.4) is 0 Å². The molecule has 6 heteroatoms. The lowest BCUT2D eigenvalue weighted by Gasteiger charge is -2.11. The zero-order valence-corrected chi connectivity index (χ0v) is 12.2. The zero-order valence-electron chi connectivity index (χ0n) is 11.5. The molecule has 0 aliphatic heterocycles. The summed E-state index contributed by atoms with van der Waals surface area (Å²) in [5.41, 5.74) is 1.62. The standard InChI is InChI=1S/C14H15ClN2O3/c1-8-4-11(15)6-10(14(8)19-3)7-13(18)16-12-5-9(2)20-17-12/h4-6H,7H2,1-3H3,(H,16,17,18). The fraction of sp³-hybridized carbons (Fsp3) is 0.286. The van der Waals surface area contributed by atoms with E-state index in [1.165, 1.54) is 0 Å². The van der Waals surface area contributed by atoms with E-state index in [4.69, 9.17) is 20.9 Å². The molecule has 0 aliphatic rings. The number of aryl methyl sites for hydroxylation is 2. The maximum absolute atomic E-state index is 12.0. The Hall–Kier alpha value is -2.01. The van der Waals surface area contributed by atoms with Crippen molar-refractivity contribution in [3.8, 4) is 5.75 Å². The molecule has 0 spiro atoms. The van der Waals surface area contributed by atoms with Crippen molar-refractivity contribution in [2.45, 2.75) is 20.3 Å². The van der Waals surface area contributed by atoms with E-state index in [9.17, 15) is 4.79 Å². The predicted molar refractivity (Wildman–Crippen MR) is 76.3 cm³/mol. The number of aromatic nitrogens is 1. The lowest BCUT2D eigenvalue weighted by Crippen LogP contribution is -2.15. The third-order valence-electron chi connectivity index (χ3n) is 2.77. The van der Waals surface area contributed by atoms with Crippen LogP contribution in [-0.2, 0) is 11.2 Å². The Labute approximate surface area is 121 Å². The molecule has 1 amide bonds. The number of nitrogens with one attached hydrogen (secondary N) is 1. The van der Waals surface area contributed by atoms with Crippen LogP contribution >= 0.6 is 11.6 Å². The van der Waals surface area contributed by atoms with Gasteiger partial charge in [0.05, 0.1) is 13.5 Å². The van der Waals surface area contributed by atoms with Gasteiger partial charge in [-0.05, 0) is 31.5 Å². The largest absolute Gasteiger partial charge is 0.496 e. The molecule has 1 heterocycles. The van der Waals surface area contributed by atoms with Gasteiger partial charge in [-0.1, -0.05) is 16.8 Å². The van der Waals surface area contributed by atoms with E-state index in [0.29, 0.717) is 22.4 Å². The summed E-state index contributed by atoms with van der Waals surface area (Å²) in [6, 6.07) is 5.17. The van der Waals surface area contributed by atoms with Crippen LogP contribution < -0.4 is 10.1 Å². The SMILES string of the molecule is COc1c(C)cc(Cl)cc1CC(=O)Nc1cc(C)on1. The smallest absolute Gasteiger partial charge is 0.230 e. The number of ether oxygens (including phenoxy) is 1. The van der Waals surface area contributed by atoms with Crippen LogP contribution in [0, 0.1) is 13.8 Å². The summed E-state index contributed by atoms with van der Waals surface area (Å²) in [5, 5.41) is 6.94. The van der Waals surface area contributed by atoms with E-state index in [2.05, 4.69) is 10.5 Å². The van der Waals surface area contributed by atoms with Gasteiger partial charge < -0.3 is 14.6 Å². The summed E-state index contributed by atoms with van der Waals surface area (Å²) >= 11 is 6.01. The van der Waals surface area contributed by atoms with Crippen molar-refractivity contribution >= 4 is 23.3 Å². The second-order valence-electron chi connectivity index (χ2n) is 4.46. The number of nitrogens with zero attached hydrogens (tertiary/aromatic N) is 1. The quantitative estimate of drug-likeness (QED) is 0.941. The van der Waals surface area contributed by atoms with Gasteiger partial charge in [0.15, 0.2) is 5.82 Å². The van der Waals surface area contributed by atoms with E-state index < -0.39 is 0 Å². The second-order valence-corrected chi connectivity index (χ2v) is 4.90. The molecule has 0 atom stereocenters. The van der Waals surface area contributed by atoms with Crippen molar-refractivity contribution in [2.75, 3.05) is 12.4 Å². The molecule has 0 aliphatic carbocycles. The third kappa shape index (κ3) is 3.30. The molecular weight excluding hydrogens is 280 g/mol. The molecule has 2 rings (SSSR count). The Kier molecular flexibility index (Phi) is 4.29. The first-order valence-corrected chi connectivity index (χ1v) is 6.43. The highest BCUT2D eigenvalue weighted by Crippen LogP contribution is 2.28. The summed E-state index contributed by atoms with van der Waals surface area (Å²) in [5.74, 6) is 1.49. The lowest BCUT2D eigenvalue weighted by molar-refractivity contribution is -0.115. The third-order valence-corrected chi connectivity index (χ3v) is 2.99. The maximum atomic E-state index is 12.0. The van der Waals surface area contributed by atoms with Crippen molar-refractivity contribution in [1.29, 1.82) is 0 Å². The van der Waals surface area contributed by atoms with Crippen molar-refractivity contribution in [2.24, 2.45) is 0 Å². The minimum Gasteiger partial charge on any atom is -0.496 e. The molecule has 0 saturated heterocycles. The van der Waals surface area contributed by atoms with E-state index in [1.807, 2.05) is 6.92 Å². The second kappa shape index (κ2) is 5.96. The number of benzene rings is 1. The van der Waals surface area contributed by atoms with Gasteiger partial charge in [-0.2, -0.15) is 0 Å². The Morgan fingerprint density at radius 2 is 2.15 bits per heavy atom. The summed E-state index contributed by atoms with van der Waals surface area (Å²) in [6.45, 7) is 3.64. The molecule has 1 N–H and O–H groups in total. The number of hydrogen-bond donors (Lipinski definition) is 1. The van der Waals surface area contributed by atoms with E-state index in [-0.39, 0.29) is 12.3 Å². The molecule has 0 fully saturated rings. The number of hydrogen-bond acceptors (Lipinski definition) is 4. The summed E-state index contributed by atoms with van der Waals surface area (Å²) in [6.07, 6.45) is 0.149. The van der Waals surface area contributed by atoms with Crippen molar-refractivity contribution in [1.82, 2.24) is 5.16 Å². The summed E-state index contributed by atoms with van der Waals surface area (Å²) < 4.78 is 10.2. The van der Waals surface area contributed by atoms with Gasteiger partial charge in [0.1, 0.15) is 11.5 Å². The molecule has 0 bridgehead atoms. The van der Waals surface area contributed by atoms with E-state index >= 15 is 0 Å².